The molecule has 1 aliphatic carbocycles. The average Bonchev–Trinajstić information content (AvgIpc) is 2.73. The van der Waals surface area contributed by atoms with Crippen LogP contribution in [-0.4, -0.2) is 21.6 Å². The Morgan fingerprint density at radius 1 is 1.67 bits per heavy atom. The van der Waals surface area contributed by atoms with Crippen molar-refractivity contribution < 1.29 is 4.79 Å². The summed E-state index contributed by atoms with van der Waals surface area (Å²) in [5.74, 6) is 0.238. The molecule has 1 aliphatic rings. The SMILES string of the molecule is Cn1ncc(Br)c1C(=O)C1CCC(N)C1. The Hall–Kier alpha value is -0.680. The third-order valence-corrected chi connectivity index (χ3v) is 3.55. The lowest BCUT2D eigenvalue weighted by Crippen LogP contribution is -2.20. The molecule has 1 heterocycles. The number of halogens is 1. The van der Waals surface area contributed by atoms with Crippen molar-refractivity contribution in [3.63, 3.8) is 0 Å². The zero-order valence-electron chi connectivity index (χ0n) is 8.61. The number of carbonyl (C=O) groups is 1. The molecule has 0 bridgehead atoms. The average molecular weight is 272 g/mol. The Balaban J connectivity index is 2.21. The molecule has 2 atom stereocenters. The van der Waals surface area contributed by atoms with Gasteiger partial charge in [-0.1, -0.05) is 0 Å². The molecule has 0 amide bonds. The summed E-state index contributed by atoms with van der Waals surface area (Å²) in [6.07, 6.45) is 4.31. The summed E-state index contributed by atoms with van der Waals surface area (Å²) in [6, 6.07) is 0.186. The Morgan fingerprint density at radius 2 is 2.40 bits per heavy atom. The second-order valence-corrected chi connectivity index (χ2v) is 4.95. The lowest BCUT2D eigenvalue weighted by atomic mass is 10.00. The number of aromatic nitrogens is 2. The van der Waals surface area contributed by atoms with Gasteiger partial charge in [-0.25, -0.2) is 0 Å². The van der Waals surface area contributed by atoms with Crippen LogP contribution in [-0.2, 0) is 7.05 Å². The number of hydrogen-bond acceptors (Lipinski definition) is 3. The van der Waals surface area contributed by atoms with E-state index in [1.807, 2.05) is 0 Å². The lowest BCUT2D eigenvalue weighted by Gasteiger charge is -2.08. The maximum absolute atomic E-state index is 12.1. The van der Waals surface area contributed by atoms with Crippen LogP contribution >= 0.6 is 15.9 Å². The van der Waals surface area contributed by atoms with Gasteiger partial charge in [0.05, 0.1) is 10.7 Å². The maximum Gasteiger partial charge on any atom is 0.185 e. The zero-order valence-corrected chi connectivity index (χ0v) is 10.2. The predicted octanol–water partition coefficient (Wildman–Crippen LogP) is 1.49. The fourth-order valence-electron chi connectivity index (χ4n) is 2.14. The van der Waals surface area contributed by atoms with Crippen LogP contribution in [0.25, 0.3) is 0 Å². The summed E-state index contributed by atoms with van der Waals surface area (Å²) in [4.78, 5) is 12.1. The van der Waals surface area contributed by atoms with Gasteiger partial charge in [-0.05, 0) is 35.2 Å². The number of rotatable bonds is 2. The number of ketones is 1. The Kier molecular flexibility index (Phi) is 2.93. The predicted molar refractivity (Wildman–Crippen MR) is 60.6 cm³/mol. The summed E-state index contributed by atoms with van der Waals surface area (Å²) >= 11 is 3.34. The topological polar surface area (TPSA) is 60.9 Å². The van der Waals surface area contributed by atoms with E-state index < -0.39 is 0 Å². The third-order valence-electron chi connectivity index (χ3n) is 2.97. The quantitative estimate of drug-likeness (QED) is 0.830. The van der Waals surface area contributed by atoms with E-state index in [0.29, 0.717) is 5.69 Å². The molecule has 1 saturated carbocycles. The van der Waals surface area contributed by atoms with Gasteiger partial charge in [0.1, 0.15) is 5.69 Å². The first-order valence-corrected chi connectivity index (χ1v) is 5.86. The van der Waals surface area contributed by atoms with Crippen LogP contribution < -0.4 is 5.73 Å². The zero-order chi connectivity index (χ0) is 11.0. The van der Waals surface area contributed by atoms with Crippen LogP contribution in [0.5, 0.6) is 0 Å². The van der Waals surface area contributed by atoms with E-state index >= 15 is 0 Å². The van der Waals surface area contributed by atoms with E-state index in [1.165, 1.54) is 0 Å². The van der Waals surface area contributed by atoms with Gasteiger partial charge < -0.3 is 5.73 Å². The fourth-order valence-corrected chi connectivity index (χ4v) is 2.68. The highest BCUT2D eigenvalue weighted by Gasteiger charge is 2.31. The summed E-state index contributed by atoms with van der Waals surface area (Å²) < 4.78 is 2.39. The molecule has 2 unspecified atom stereocenters. The number of hydrogen-bond donors (Lipinski definition) is 1. The van der Waals surface area contributed by atoms with Crippen molar-refractivity contribution in [1.29, 1.82) is 0 Å². The van der Waals surface area contributed by atoms with Crippen molar-refractivity contribution in [2.24, 2.45) is 18.7 Å². The van der Waals surface area contributed by atoms with Crippen LogP contribution in [0, 0.1) is 5.92 Å². The number of nitrogens with two attached hydrogens (primary N) is 1. The Labute approximate surface area is 97.0 Å². The van der Waals surface area contributed by atoms with Crippen LogP contribution in [0.2, 0.25) is 0 Å². The van der Waals surface area contributed by atoms with Gasteiger partial charge >= 0.3 is 0 Å². The highest BCUT2D eigenvalue weighted by molar-refractivity contribution is 9.10. The summed E-state index contributed by atoms with van der Waals surface area (Å²) in [6.45, 7) is 0. The van der Waals surface area contributed by atoms with Crippen LogP contribution in [0.4, 0.5) is 0 Å². The second-order valence-electron chi connectivity index (χ2n) is 4.10. The molecule has 5 heteroatoms. The van der Waals surface area contributed by atoms with E-state index in [-0.39, 0.29) is 17.7 Å². The first kappa shape index (κ1) is 10.8. The molecule has 0 spiro atoms. The van der Waals surface area contributed by atoms with Crippen LogP contribution in [0.3, 0.4) is 0 Å². The monoisotopic (exact) mass is 271 g/mol. The molecule has 0 aliphatic heterocycles. The molecular weight excluding hydrogens is 258 g/mol. The van der Waals surface area contributed by atoms with Gasteiger partial charge in [0.25, 0.3) is 0 Å². The molecule has 0 aromatic carbocycles. The first-order valence-electron chi connectivity index (χ1n) is 5.07. The Morgan fingerprint density at radius 3 is 2.87 bits per heavy atom. The van der Waals surface area contributed by atoms with E-state index in [2.05, 4.69) is 21.0 Å². The van der Waals surface area contributed by atoms with E-state index in [0.717, 1.165) is 23.7 Å². The fraction of sp³-hybridized carbons (Fsp3) is 0.600. The van der Waals surface area contributed by atoms with Crippen molar-refractivity contribution >= 4 is 21.7 Å². The minimum absolute atomic E-state index is 0.0756. The van der Waals surface area contributed by atoms with Gasteiger partial charge in [-0.3, -0.25) is 9.48 Å². The largest absolute Gasteiger partial charge is 0.328 e. The van der Waals surface area contributed by atoms with Gasteiger partial charge in [-0.2, -0.15) is 5.10 Å². The minimum Gasteiger partial charge on any atom is -0.328 e. The first-order chi connectivity index (χ1) is 7.09. The van der Waals surface area contributed by atoms with E-state index in [4.69, 9.17) is 5.73 Å². The highest BCUT2D eigenvalue weighted by Crippen LogP contribution is 2.29. The molecular formula is C10H14BrN3O. The molecule has 1 aromatic heterocycles. The molecule has 82 valence electrons. The molecule has 1 fully saturated rings. The summed E-state index contributed by atoms with van der Waals surface area (Å²) in [7, 11) is 1.78. The lowest BCUT2D eigenvalue weighted by molar-refractivity contribution is 0.0911. The van der Waals surface area contributed by atoms with Gasteiger partial charge in [0.15, 0.2) is 5.78 Å². The number of aryl methyl sites for hydroxylation is 1. The summed E-state index contributed by atoms with van der Waals surface area (Å²) in [5.41, 5.74) is 6.47. The molecule has 0 saturated heterocycles. The third kappa shape index (κ3) is 1.99. The number of nitrogens with zero attached hydrogens (tertiary/aromatic N) is 2. The van der Waals surface area contributed by atoms with Crippen molar-refractivity contribution in [3.8, 4) is 0 Å². The van der Waals surface area contributed by atoms with E-state index in [9.17, 15) is 4.79 Å². The minimum atomic E-state index is 0.0756. The second kappa shape index (κ2) is 4.06. The summed E-state index contributed by atoms with van der Waals surface area (Å²) in [5, 5.41) is 4.05. The molecule has 2 N–H and O–H groups in total. The van der Waals surface area contributed by atoms with Gasteiger partial charge in [0, 0.05) is 19.0 Å². The number of Topliss-reactive ketones (excluding diaryl/α,β-unsaturated/α-hetero) is 1. The van der Waals surface area contributed by atoms with Crippen LogP contribution in [0.15, 0.2) is 10.7 Å². The van der Waals surface area contributed by atoms with Crippen molar-refractivity contribution in [3.05, 3.63) is 16.4 Å². The van der Waals surface area contributed by atoms with Crippen molar-refractivity contribution in [2.45, 2.75) is 25.3 Å². The molecule has 4 nitrogen and oxygen atoms in total. The molecule has 15 heavy (non-hydrogen) atoms. The molecule has 1 aromatic rings. The van der Waals surface area contributed by atoms with Gasteiger partial charge in [0.2, 0.25) is 0 Å². The molecule has 0 radical (unpaired) electrons. The molecule has 2 rings (SSSR count). The highest BCUT2D eigenvalue weighted by atomic mass is 79.9. The van der Waals surface area contributed by atoms with E-state index in [1.54, 1.807) is 17.9 Å². The Bertz CT molecular complexity index is 369. The maximum atomic E-state index is 12.1. The van der Waals surface area contributed by atoms with Crippen LogP contribution in [0.1, 0.15) is 29.8 Å². The standard InChI is InChI=1S/C10H14BrN3O/c1-14-9(8(11)5-13-14)10(15)6-2-3-7(12)4-6/h5-7H,2-4,12H2,1H3. The smallest absolute Gasteiger partial charge is 0.185 e. The van der Waals surface area contributed by atoms with Crippen molar-refractivity contribution in [1.82, 2.24) is 9.78 Å². The van der Waals surface area contributed by atoms with Crippen molar-refractivity contribution in [2.75, 3.05) is 0 Å². The van der Waals surface area contributed by atoms with Gasteiger partial charge in [-0.15, -0.1) is 0 Å². The number of carbonyl (C=O) groups excluding carboxylic acids is 1. The normalized spacial score (nSPS) is 25.8.